The van der Waals surface area contributed by atoms with Crippen LogP contribution in [0.15, 0.2) is 133 Å². The molecule has 3 heteroatoms. The molecule has 0 fully saturated rings. The van der Waals surface area contributed by atoms with Gasteiger partial charge >= 0.3 is 0 Å². The molecule has 0 aliphatic carbocycles. The predicted molar refractivity (Wildman–Crippen MR) is 162 cm³/mol. The van der Waals surface area contributed by atoms with Crippen LogP contribution in [-0.4, -0.2) is 4.98 Å². The molecule has 2 nitrogen and oxygen atoms in total. The lowest BCUT2D eigenvalue weighted by molar-refractivity contribution is 1.30. The number of hydrogen-bond acceptors (Lipinski definition) is 3. The van der Waals surface area contributed by atoms with Crippen molar-refractivity contribution in [1.29, 1.82) is 0 Å². The molecule has 0 amide bonds. The van der Waals surface area contributed by atoms with Gasteiger partial charge in [-0.1, -0.05) is 90.9 Å². The number of hydrogen-bond donors (Lipinski definition) is 0. The molecule has 0 N–H and O–H groups in total. The van der Waals surface area contributed by atoms with Crippen LogP contribution in [0.4, 0.5) is 17.1 Å². The third kappa shape index (κ3) is 3.16. The summed E-state index contributed by atoms with van der Waals surface area (Å²) < 4.78 is 44.4. The number of para-hydroxylation sites is 3. The van der Waals surface area contributed by atoms with Crippen LogP contribution in [0.3, 0.4) is 0 Å². The zero-order valence-corrected chi connectivity index (χ0v) is 20.9. The molecule has 0 spiro atoms. The Morgan fingerprint density at radius 3 is 2.45 bits per heavy atom. The lowest BCUT2D eigenvalue weighted by Gasteiger charge is -2.28. The third-order valence-corrected chi connectivity index (χ3v) is 8.35. The van der Waals surface area contributed by atoms with Gasteiger partial charge in [0.25, 0.3) is 0 Å². The molecule has 0 atom stereocenters. The number of pyridine rings is 1. The minimum absolute atomic E-state index is 0.118. The second-order valence-corrected chi connectivity index (χ2v) is 10.3. The number of fused-ring (bicyclic) bond motifs is 8. The van der Waals surface area contributed by atoms with Crippen LogP contribution < -0.4 is 4.90 Å². The average Bonchev–Trinajstić information content (AvgIpc) is 3.39. The molecular weight excluding hydrogens is 480 g/mol. The van der Waals surface area contributed by atoms with E-state index in [1.54, 1.807) is 17.5 Å². The average molecular weight is 508 g/mol. The monoisotopic (exact) mass is 507 g/mol. The first kappa shape index (κ1) is 16.9. The second kappa shape index (κ2) is 8.41. The highest BCUT2D eigenvalue weighted by Gasteiger charge is 2.29. The fraction of sp³-hybridized carbons (Fsp3) is 0. The molecule has 1 aliphatic rings. The van der Waals surface area contributed by atoms with Gasteiger partial charge in [-0.25, -0.2) is 0 Å². The molecule has 38 heavy (non-hydrogen) atoms. The zero-order chi connectivity index (χ0) is 29.4. The van der Waals surface area contributed by atoms with E-state index in [9.17, 15) is 0 Å². The molecule has 0 unspecified atom stereocenters. The van der Waals surface area contributed by atoms with Gasteiger partial charge in [-0.05, 0) is 41.9 Å². The normalized spacial score (nSPS) is 14.0. The van der Waals surface area contributed by atoms with Crippen LogP contribution in [0.25, 0.3) is 53.7 Å². The summed E-state index contributed by atoms with van der Waals surface area (Å²) in [7, 11) is 0. The lowest BCUT2D eigenvalue weighted by Crippen LogP contribution is -2.11. The van der Waals surface area contributed by atoms with Crippen LogP contribution in [0.1, 0.15) is 6.85 Å². The van der Waals surface area contributed by atoms with Crippen molar-refractivity contribution in [2.24, 2.45) is 0 Å². The SMILES string of the molecule is [2H]c1c([2H])c([2H])c(N2c3ccccc3-c3sc4ccccc4c3-c3ccc(-c4cccc5cccnc45)cc32)c([2H])c1[2H]. The quantitative estimate of drug-likeness (QED) is 0.231. The van der Waals surface area contributed by atoms with Crippen molar-refractivity contribution in [2.75, 3.05) is 4.90 Å². The number of aromatic nitrogens is 1. The van der Waals surface area contributed by atoms with Gasteiger partial charge in [0.15, 0.2) is 0 Å². The molecule has 2 aromatic heterocycles. The van der Waals surface area contributed by atoms with Gasteiger partial charge in [-0.3, -0.25) is 4.98 Å². The highest BCUT2D eigenvalue weighted by molar-refractivity contribution is 7.23. The Morgan fingerprint density at radius 1 is 0.684 bits per heavy atom. The molecule has 1 aliphatic heterocycles. The Morgan fingerprint density at radius 2 is 1.50 bits per heavy atom. The molecule has 5 aromatic carbocycles. The number of benzene rings is 5. The smallest absolute Gasteiger partial charge is 0.0780 e. The van der Waals surface area contributed by atoms with Gasteiger partial charge in [0.05, 0.1) is 23.7 Å². The summed E-state index contributed by atoms with van der Waals surface area (Å²) in [6, 6.07) is 30.9. The van der Waals surface area contributed by atoms with Crippen molar-refractivity contribution in [2.45, 2.75) is 0 Å². The highest BCUT2D eigenvalue weighted by Crippen LogP contribution is 2.56. The van der Waals surface area contributed by atoms with E-state index in [-0.39, 0.29) is 29.9 Å². The number of nitrogens with zero attached hydrogens (tertiary/aromatic N) is 2. The molecular formula is C35H22N2S. The molecule has 8 rings (SSSR count). The van der Waals surface area contributed by atoms with E-state index in [1.165, 1.54) is 0 Å². The van der Waals surface area contributed by atoms with Crippen LogP contribution >= 0.6 is 11.3 Å². The first-order valence-corrected chi connectivity index (χ1v) is 13.2. The van der Waals surface area contributed by atoms with Crippen LogP contribution in [-0.2, 0) is 0 Å². The summed E-state index contributed by atoms with van der Waals surface area (Å²) >= 11 is 1.70. The summed E-state index contributed by atoms with van der Waals surface area (Å²) in [5, 5.41) is 2.13. The molecule has 0 bridgehead atoms. The van der Waals surface area contributed by atoms with Crippen molar-refractivity contribution >= 4 is 49.4 Å². The predicted octanol–water partition coefficient (Wildman–Crippen LogP) is 10.2. The Bertz CT molecular complexity index is 2240. The zero-order valence-electron chi connectivity index (χ0n) is 25.1. The molecule has 7 aromatic rings. The highest BCUT2D eigenvalue weighted by atomic mass is 32.1. The van der Waals surface area contributed by atoms with E-state index in [4.69, 9.17) is 6.85 Å². The fourth-order valence-corrected chi connectivity index (χ4v) is 6.77. The standard InChI is InChI=1S/C35H22N2S/c1-2-12-25(13-3-1)37-30-17-6-4-14-28(30)35-33(29-15-5-7-18-32(29)38-35)27-20-19-24(22-31(27)37)26-16-8-10-23-11-9-21-36-34(23)26/h1-22H/i1D,2D,3D,12D,13D. The summed E-state index contributed by atoms with van der Waals surface area (Å²) in [5.41, 5.74) is 7.28. The van der Waals surface area contributed by atoms with E-state index in [1.807, 2.05) is 71.6 Å². The van der Waals surface area contributed by atoms with Gasteiger partial charge in [0.2, 0.25) is 0 Å². The fourth-order valence-electron chi connectivity index (χ4n) is 5.52. The van der Waals surface area contributed by atoms with Crippen molar-refractivity contribution in [3.05, 3.63) is 133 Å². The third-order valence-electron chi connectivity index (χ3n) is 7.15. The van der Waals surface area contributed by atoms with Crippen LogP contribution in [0, 0.1) is 0 Å². The first-order chi connectivity index (χ1) is 20.9. The van der Waals surface area contributed by atoms with Crippen molar-refractivity contribution in [1.82, 2.24) is 4.98 Å². The maximum absolute atomic E-state index is 8.98. The van der Waals surface area contributed by atoms with E-state index in [0.29, 0.717) is 0 Å². The topological polar surface area (TPSA) is 16.1 Å². The molecule has 3 heterocycles. The summed E-state index contributed by atoms with van der Waals surface area (Å²) in [5.74, 6) is 0. The Labute approximate surface area is 232 Å². The number of thiophene rings is 1. The minimum atomic E-state index is -0.414. The Balaban J connectivity index is 1.53. The summed E-state index contributed by atoms with van der Waals surface area (Å²) in [6.07, 6.45) is 1.79. The number of anilines is 3. The lowest BCUT2D eigenvalue weighted by atomic mass is 9.95. The van der Waals surface area contributed by atoms with Crippen LogP contribution in [0.2, 0.25) is 0 Å². The molecule has 0 saturated carbocycles. The van der Waals surface area contributed by atoms with E-state index >= 15 is 0 Å². The maximum atomic E-state index is 8.98. The van der Waals surface area contributed by atoms with Gasteiger partial charge in [0, 0.05) is 54.5 Å². The maximum Gasteiger partial charge on any atom is 0.0780 e. The van der Waals surface area contributed by atoms with Gasteiger partial charge in [-0.15, -0.1) is 11.3 Å². The van der Waals surface area contributed by atoms with E-state index in [2.05, 4.69) is 35.3 Å². The first-order valence-electron chi connectivity index (χ1n) is 14.9. The summed E-state index contributed by atoms with van der Waals surface area (Å²) in [6.45, 7) is 0. The van der Waals surface area contributed by atoms with E-state index < -0.39 is 6.04 Å². The summed E-state index contributed by atoms with van der Waals surface area (Å²) in [4.78, 5) is 7.62. The molecule has 178 valence electrons. The number of rotatable bonds is 2. The Hall–Kier alpha value is -4.73. The Kier molecular flexibility index (Phi) is 3.74. The largest absolute Gasteiger partial charge is 0.309 e. The van der Waals surface area contributed by atoms with E-state index in [0.717, 1.165) is 65.1 Å². The van der Waals surface area contributed by atoms with Gasteiger partial charge in [0.1, 0.15) is 0 Å². The van der Waals surface area contributed by atoms with Crippen LogP contribution in [0.5, 0.6) is 0 Å². The van der Waals surface area contributed by atoms with Gasteiger partial charge < -0.3 is 4.90 Å². The van der Waals surface area contributed by atoms with Gasteiger partial charge in [-0.2, -0.15) is 0 Å². The molecule has 0 saturated heterocycles. The van der Waals surface area contributed by atoms with Crippen molar-refractivity contribution in [3.63, 3.8) is 0 Å². The molecule has 0 radical (unpaired) electrons. The van der Waals surface area contributed by atoms with Crippen molar-refractivity contribution < 1.29 is 6.85 Å². The van der Waals surface area contributed by atoms with Crippen molar-refractivity contribution in [3.8, 4) is 32.7 Å². The minimum Gasteiger partial charge on any atom is -0.309 e. The second-order valence-electron chi connectivity index (χ2n) is 9.24.